The Morgan fingerprint density at radius 2 is 1.50 bits per heavy atom. The third-order valence-corrected chi connectivity index (χ3v) is 4.46. The topological polar surface area (TPSA) is 112 Å². The van der Waals surface area contributed by atoms with Crippen molar-refractivity contribution in [3.8, 4) is 23.0 Å². The maximum atomic E-state index is 12.2. The van der Waals surface area contributed by atoms with E-state index in [2.05, 4.69) is 5.32 Å². The molecule has 0 aliphatic rings. The largest absolute Gasteiger partial charge is 0.495 e. The highest BCUT2D eigenvalue weighted by Gasteiger charge is 2.20. The first-order valence-electron chi connectivity index (χ1n) is 9.25. The number of nitrogens with one attached hydrogen (secondary N) is 1. The zero-order chi connectivity index (χ0) is 22.3. The Balaban J connectivity index is 2.33. The normalized spacial score (nSPS) is 12.9. The molecule has 2 aromatic rings. The number of anilines is 1. The van der Waals surface area contributed by atoms with Gasteiger partial charge in [-0.15, -0.1) is 0 Å². The van der Waals surface area contributed by atoms with Crippen LogP contribution in [0.2, 0.25) is 0 Å². The number of hydrogen-bond acceptors (Lipinski definition) is 7. The highest BCUT2D eigenvalue weighted by molar-refractivity contribution is 5.96. The average Bonchev–Trinajstić information content (AvgIpc) is 2.76. The number of carbonyl (C=O) groups is 1. The first-order chi connectivity index (χ1) is 14.3. The first-order valence-corrected chi connectivity index (χ1v) is 9.25. The molecule has 162 valence electrons. The van der Waals surface area contributed by atoms with Crippen LogP contribution in [0.1, 0.15) is 18.1 Å². The molecule has 2 aromatic carbocycles. The molecule has 0 aromatic heterocycles. The molecule has 2 rings (SSSR count). The van der Waals surface area contributed by atoms with Crippen LogP contribution in [0.15, 0.2) is 30.3 Å². The van der Waals surface area contributed by atoms with Crippen LogP contribution < -0.4 is 30.0 Å². The SMILES string of the molecule is COc1ccc(/C=C\c2cc(OC)c(OC)c(OC)c2)cc1NC(=O)[C@@H](N)[C@@H](C)O. The summed E-state index contributed by atoms with van der Waals surface area (Å²) in [7, 11) is 6.17. The summed E-state index contributed by atoms with van der Waals surface area (Å²) in [5, 5.41) is 12.2. The van der Waals surface area contributed by atoms with Crippen LogP contribution in [-0.2, 0) is 4.79 Å². The van der Waals surface area contributed by atoms with Crippen LogP contribution in [-0.4, -0.2) is 51.6 Å². The van der Waals surface area contributed by atoms with Gasteiger partial charge in [0.15, 0.2) is 11.5 Å². The van der Waals surface area contributed by atoms with Crippen LogP contribution in [0.5, 0.6) is 23.0 Å². The van der Waals surface area contributed by atoms with Gasteiger partial charge in [0.1, 0.15) is 11.8 Å². The highest BCUT2D eigenvalue weighted by atomic mass is 16.5. The molecule has 1 amide bonds. The smallest absolute Gasteiger partial charge is 0.244 e. The molecule has 0 radical (unpaired) electrons. The summed E-state index contributed by atoms with van der Waals surface area (Å²) in [4.78, 5) is 12.2. The van der Waals surface area contributed by atoms with Crippen molar-refractivity contribution in [3.05, 3.63) is 41.5 Å². The van der Waals surface area contributed by atoms with E-state index in [1.54, 1.807) is 33.5 Å². The number of aliphatic hydroxyl groups is 1. The summed E-state index contributed by atoms with van der Waals surface area (Å²) in [5.74, 6) is 1.58. The molecule has 0 spiro atoms. The van der Waals surface area contributed by atoms with Gasteiger partial charge in [-0.2, -0.15) is 0 Å². The molecular formula is C22H28N2O6. The quantitative estimate of drug-likeness (QED) is 0.539. The molecule has 0 fully saturated rings. The van der Waals surface area contributed by atoms with Crippen molar-refractivity contribution in [1.29, 1.82) is 0 Å². The second-order valence-electron chi connectivity index (χ2n) is 6.51. The lowest BCUT2D eigenvalue weighted by molar-refractivity contribution is -0.119. The maximum Gasteiger partial charge on any atom is 0.244 e. The fourth-order valence-electron chi connectivity index (χ4n) is 2.75. The molecule has 0 unspecified atom stereocenters. The lowest BCUT2D eigenvalue weighted by atomic mass is 10.1. The van der Waals surface area contributed by atoms with Gasteiger partial charge in [-0.05, 0) is 42.3 Å². The zero-order valence-electron chi connectivity index (χ0n) is 17.8. The van der Waals surface area contributed by atoms with E-state index < -0.39 is 18.1 Å². The van der Waals surface area contributed by atoms with Gasteiger partial charge in [-0.25, -0.2) is 0 Å². The average molecular weight is 416 g/mol. The molecule has 0 saturated carbocycles. The van der Waals surface area contributed by atoms with E-state index in [9.17, 15) is 9.90 Å². The standard InChI is InChI=1S/C22H28N2O6/c1-13(25)20(23)22(26)24-16-10-14(8-9-17(16)27-2)6-7-15-11-18(28-3)21(30-5)19(12-15)29-4/h6-13,20,25H,23H2,1-5H3,(H,24,26)/b7-6-/t13-,20+/m1/s1. The van der Waals surface area contributed by atoms with Gasteiger partial charge in [0.2, 0.25) is 11.7 Å². The molecule has 0 bridgehead atoms. The van der Waals surface area contributed by atoms with Crippen LogP contribution >= 0.6 is 0 Å². The number of methoxy groups -OCH3 is 4. The molecule has 2 atom stereocenters. The second kappa shape index (κ2) is 10.5. The number of nitrogens with two attached hydrogens (primary N) is 1. The molecule has 0 aliphatic carbocycles. The summed E-state index contributed by atoms with van der Waals surface area (Å²) >= 11 is 0. The van der Waals surface area contributed by atoms with Gasteiger partial charge >= 0.3 is 0 Å². The van der Waals surface area contributed by atoms with E-state index in [-0.39, 0.29) is 0 Å². The van der Waals surface area contributed by atoms with Crippen molar-refractivity contribution in [1.82, 2.24) is 0 Å². The summed E-state index contributed by atoms with van der Waals surface area (Å²) in [6.45, 7) is 1.46. The van der Waals surface area contributed by atoms with Gasteiger partial charge in [-0.1, -0.05) is 18.2 Å². The molecule has 0 saturated heterocycles. The number of rotatable bonds is 9. The third kappa shape index (κ3) is 5.43. The predicted octanol–water partition coefficient (Wildman–Crippen LogP) is 2.54. The first kappa shape index (κ1) is 23.1. The van der Waals surface area contributed by atoms with Gasteiger partial charge in [0, 0.05) is 0 Å². The lowest BCUT2D eigenvalue weighted by Crippen LogP contribution is -2.43. The molecule has 0 aliphatic heterocycles. The summed E-state index contributed by atoms with van der Waals surface area (Å²) in [5.41, 5.74) is 7.80. The number of amides is 1. The predicted molar refractivity (Wildman–Crippen MR) is 116 cm³/mol. The van der Waals surface area contributed by atoms with E-state index in [0.29, 0.717) is 28.7 Å². The van der Waals surface area contributed by atoms with Crippen molar-refractivity contribution in [2.45, 2.75) is 19.1 Å². The molecule has 30 heavy (non-hydrogen) atoms. The monoisotopic (exact) mass is 416 g/mol. The number of hydrogen-bond donors (Lipinski definition) is 3. The van der Waals surface area contributed by atoms with Crippen LogP contribution in [0.4, 0.5) is 5.69 Å². The van der Waals surface area contributed by atoms with E-state index in [4.69, 9.17) is 24.7 Å². The van der Waals surface area contributed by atoms with E-state index in [0.717, 1.165) is 11.1 Å². The van der Waals surface area contributed by atoms with Gasteiger partial charge in [-0.3, -0.25) is 4.79 Å². The molecule has 0 heterocycles. The fourth-order valence-corrected chi connectivity index (χ4v) is 2.75. The Morgan fingerprint density at radius 3 is 2.00 bits per heavy atom. The Morgan fingerprint density at radius 1 is 0.933 bits per heavy atom. The van der Waals surface area contributed by atoms with Gasteiger partial charge in [0.05, 0.1) is 40.2 Å². The Kier molecular flexibility index (Phi) is 8.08. The lowest BCUT2D eigenvalue weighted by Gasteiger charge is -2.16. The summed E-state index contributed by atoms with van der Waals surface area (Å²) in [6, 6.07) is 7.93. The number of carbonyl (C=O) groups excluding carboxylic acids is 1. The Hall–Kier alpha value is -3.23. The van der Waals surface area contributed by atoms with E-state index in [1.807, 2.05) is 30.4 Å². The van der Waals surface area contributed by atoms with Crippen molar-refractivity contribution in [3.63, 3.8) is 0 Å². The van der Waals surface area contributed by atoms with Gasteiger partial charge in [0.25, 0.3) is 0 Å². The maximum absolute atomic E-state index is 12.2. The minimum atomic E-state index is -1.05. The van der Waals surface area contributed by atoms with Crippen molar-refractivity contribution in [2.75, 3.05) is 33.8 Å². The Bertz CT molecular complexity index is 885. The fraction of sp³-hybridized carbons (Fsp3) is 0.318. The van der Waals surface area contributed by atoms with E-state index >= 15 is 0 Å². The molecule has 8 nitrogen and oxygen atoms in total. The van der Waals surface area contributed by atoms with Crippen molar-refractivity contribution < 1.29 is 28.8 Å². The number of aliphatic hydroxyl groups excluding tert-OH is 1. The third-order valence-electron chi connectivity index (χ3n) is 4.46. The van der Waals surface area contributed by atoms with Gasteiger partial charge < -0.3 is 35.1 Å². The Labute approximate surface area is 176 Å². The zero-order valence-corrected chi connectivity index (χ0v) is 17.8. The van der Waals surface area contributed by atoms with E-state index in [1.165, 1.54) is 14.0 Å². The highest BCUT2D eigenvalue weighted by Crippen LogP contribution is 2.38. The molecular weight excluding hydrogens is 388 g/mol. The summed E-state index contributed by atoms with van der Waals surface area (Å²) in [6.07, 6.45) is 2.77. The minimum Gasteiger partial charge on any atom is -0.495 e. The van der Waals surface area contributed by atoms with Crippen LogP contribution in [0.25, 0.3) is 12.2 Å². The second-order valence-corrected chi connectivity index (χ2v) is 6.51. The van der Waals surface area contributed by atoms with Crippen molar-refractivity contribution in [2.24, 2.45) is 5.73 Å². The minimum absolute atomic E-state index is 0.450. The summed E-state index contributed by atoms with van der Waals surface area (Å²) < 4.78 is 21.4. The molecule has 4 N–H and O–H groups in total. The number of ether oxygens (including phenoxy) is 4. The van der Waals surface area contributed by atoms with Crippen LogP contribution in [0, 0.1) is 0 Å². The van der Waals surface area contributed by atoms with Crippen LogP contribution in [0.3, 0.4) is 0 Å². The number of benzene rings is 2. The molecule has 8 heteroatoms. The van der Waals surface area contributed by atoms with Crippen molar-refractivity contribution >= 4 is 23.7 Å².